The normalized spacial score (nSPS) is 17.6. The molecule has 0 bridgehead atoms. The number of fused-ring (bicyclic) bond motifs is 1. The molecule has 2 aliphatic carbocycles. The van der Waals surface area contributed by atoms with Crippen LogP contribution in [0.15, 0.2) is 24.5 Å². The number of Topliss-reactive ketones (excluding diaryl/α,β-unsaturated/α-hetero) is 1. The monoisotopic (exact) mass is 531 g/mol. The Hall–Kier alpha value is -3.24. The Morgan fingerprint density at radius 1 is 1.08 bits per heavy atom. The number of hydrogen-bond acceptors (Lipinski definition) is 8. The number of halogens is 2. The number of hydrogen-bond donors (Lipinski definition) is 1. The van der Waals surface area contributed by atoms with Gasteiger partial charge in [0, 0.05) is 24.4 Å². The molecule has 36 heavy (non-hydrogen) atoms. The third-order valence-electron chi connectivity index (χ3n) is 6.96. The molecule has 3 heterocycles. The van der Waals surface area contributed by atoms with E-state index in [1.165, 1.54) is 24.0 Å². The largest absolute Gasteiger partial charge is 0.493 e. The SMILES string of the molecule is COc1ccc(C(=O)Cc2c(Cl)cncc2Cl)n2nc(C3(C(=O)OC4(C(N)=O)CCCC4)CC3)nc12. The number of nitrogens with zero attached hydrogens (tertiary/aromatic N) is 4. The topological polar surface area (TPSA) is 139 Å². The summed E-state index contributed by atoms with van der Waals surface area (Å²) in [5.41, 5.74) is 4.11. The number of ether oxygens (including phenoxy) is 2. The van der Waals surface area contributed by atoms with Gasteiger partial charge in [0.25, 0.3) is 5.91 Å². The number of carbonyl (C=O) groups is 3. The summed E-state index contributed by atoms with van der Waals surface area (Å²) in [5.74, 6) is -0.973. The van der Waals surface area contributed by atoms with Crippen LogP contribution in [0.4, 0.5) is 0 Å². The fourth-order valence-corrected chi connectivity index (χ4v) is 5.13. The molecule has 2 saturated carbocycles. The van der Waals surface area contributed by atoms with Crippen molar-refractivity contribution in [3.05, 3.63) is 51.7 Å². The van der Waals surface area contributed by atoms with E-state index in [4.69, 9.17) is 38.4 Å². The van der Waals surface area contributed by atoms with Gasteiger partial charge < -0.3 is 15.2 Å². The van der Waals surface area contributed by atoms with Crippen molar-refractivity contribution in [3.8, 4) is 5.75 Å². The van der Waals surface area contributed by atoms with E-state index < -0.39 is 22.9 Å². The molecule has 5 rings (SSSR count). The van der Waals surface area contributed by atoms with Gasteiger partial charge >= 0.3 is 5.97 Å². The highest BCUT2D eigenvalue weighted by Gasteiger charge is 2.59. The van der Waals surface area contributed by atoms with Crippen LogP contribution in [0.1, 0.15) is 60.4 Å². The predicted octanol–water partition coefficient (Wildman–Crippen LogP) is 3.24. The third kappa shape index (κ3) is 3.98. The van der Waals surface area contributed by atoms with Crippen LogP contribution in [0, 0.1) is 0 Å². The van der Waals surface area contributed by atoms with Crippen LogP contribution in [-0.4, -0.2) is 50.0 Å². The Kier molecular flexibility index (Phi) is 6.12. The van der Waals surface area contributed by atoms with Crippen LogP contribution < -0.4 is 10.5 Å². The van der Waals surface area contributed by atoms with Gasteiger partial charge in [-0.1, -0.05) is 23.2 Å². The summed E-state index contributed by atoms with van der Waals surface area (Å²) in [4.78, 5) is 47.2. The fraction of sp³-hybridized carbons (Fsp3) is 0.417. The van der Waals surface area contributed by atoms with Crippen LogP contribution in [0.2, 0.25) is 10.0 Å². The highest BCUT2D eigenvalue weighted by molar-refractivity contribution is 6.36. The van der Waals surface area contributed by atoms with Crippen molar-refractivity contribution >= 4 is 46.5 Å². The van der Waals surface area contributed by atoms with Crippen molar-refractivity contribution in [3.63, 3.8) is 0 Å². The molecule has 10 nitrogen and oxygen atoms in total. The molecule has 0 unspecified atom stereocenters. The number of methoxy groups -OCH3 is 1. The molecular weight excluding hydrogens is 509 g/mol. The molecule has 2 aliphatic rings. The van der Waals surface area contributed by atoms with Gasteiger partial charge in [-0.3, -0.25) is 19.4 Å². The first-order chi connectivity index (χ1) is 17.2. The zero-order valence-corrected chi connectivity index (χ0v) is 20.9. The van der Waals surface area contributed by atoms with Crippen LogP contribution in [0.5, 0.6) is 5.75 Å². The lowest BCUT2D eigenvalue weighted by atomic mass is 10.00. The second kappa shape index (κ2) is 9.01. The highest BCUT2D eigenvalue weighted by atomic mass is 35.5. The zero-order chi connectivity index (χ0) is 25.7. The van der Waals surface area contributed by atoms with E-state index in [0.717, 1.165) is 12.8 Å². The van der Waals surface area contributed by atoms with Crippen molar-refractivity contribution in [2.24, 2.45) is 5.73 Å². The molecule has 0 saturated heterocycles. The van der Waals surface area contributed by atoms with Gasteiger partial charge in [0.05, 0.1) is 17.2 Å². The number of rotatable bonds is 8. The number of esters is 1. The minimum Gasteiger partial charge on any atom is -0.493 e. The number of nitrogens with two attached hydrogens (primary N) is 1. The van der Waals surface area contributed by atoms with Crippen LogP contribution in [-0.2, 0) is 26.2 Å². The molecule has 0 aliphatic heterocycles. The molecule has 3 aromatic rings. The maximum Gasteiger partial charge on any atom is 0.320 e. The number of primary amides is 1. The summed E-state index contributed by atoms with van der Waals surface area (Å²) in [7, 11) is 1.47. The Labute approximate surface area is 216 Å². The molecule has 3 aromatic heterocycles. The lowest BCUT2D eigenvalue weighted by Crippen LogP contribution is -2.47. The van der Waals surface area contributed by atoms with Crippen LogP contribution in [0.3, 0.4) is 0 Å². The highest BCUT2D eigenvalue weighted by Crippen LogP contribution is 2.50. The average molecular weight is 532 g/mol. The van der Waals surface area contributed by atoms with Crippen molar-refractivity contribution in [2.75, 3.05) is 7.11 Å². The first-order valence-corrected chi connectivity index (χ1v) is 12.2. The quantitative estimate of drug-likeness (QED) is 0.345. The van der Waals surface area contributed by atoms with Gasteiger partial charge in [0.15, 0.2) is 28.6 Å². The zero-order valence-electron chi connectivity index (χ0n) is 19.4. The Balaban J connectivity index is 1.51. The Morgan fingerprint density at radius 2 is 1.75 bits per heavy atom. The Morgan fingerprint density at radius 3 is 2.33 bits per heavy atom. The van der Waals surface area contributed by atoms with E-state index in [1.54, 1.807) is 12.1 Å². The number of amides is 1. The maximum absolute atomic E-state index is 13.3. The number of carbonyl (C=O) groups excluding carboxylic acids is 3. The van der Waals surface area contributed by atoms with E-state index in [-0.39, 0.29) is 39.4 Å². The average Bonchev–Trinajstić information content (AvgIpc) is 3.30. The molecular formula is C24H23Cl2N5O5. The smallest absolute Gasteiger partial charge is 0.320 e. The third-order valence-corrected chi connectivity index (χ3v) is 7.61. The molecule has 1 amide bonds. The van der Waals surface area contributed by atoms with Gasteiger partial charge in [0.2, 0.25) is 0 Å². The van der Waals surface area contributed by atoms with Gasteiger partial charge in [-0.2, -0.15) is 0 Å². The van der Waals surface area contributed by atoms with Crippen molar-refractivity contribution in [1.29, 1.82) is 0 Å². The predicted molar refractivity (Wildman–Crippen MR) is 129 cm³/mol. The summed E-state index contributed by atoms with van der Waals surface area (Å²) in [6.45, 7) is 0. The summed E-state index contributed by atoms with van der Waals surface area (Å²) in [6.07, 6.45) is 5.94. The number of ketones is 1. The van der Waals surface area contributed by atoms with E-state index in [2.05, 4.69) is 15.1 Å². The lowest BCUT2D eigenvalue weighted by Gasteiger charge is -2.27. The van der Waals surface area contributed by atoms with E-state index >= 15 is 0 Å². The number of aromatic nitrogens is 4. The summed E-state index contributed by atoms with van der Waals surface area (Å²) >= 11 is 12.4. The van der Waals surface area contributed by atoms with Crippen LogP contribution >= 0.6 is 23.2 Å². The molecule has 0 aromatic carbocycles. The van der Waals surface area contributed by atoms with E-state index in [0.29, 0.717) is 37.0 Å². The number of pyridine rings is 2. The molecule has 0 spiro atoms. The van der Waals surface area contributed by atoms with Crippen molar-refractivity contribution < 1.29 is 23.9 Å². The minimum atomic E-state index is -1.30. The van der Waals surface area contributed by atoms with Gasteiger partial charge in [0.1, 0.15) is 11.1 Å². The van der Waals surface area contributed by atoms with E-state index in [9.17, 15) is 14.4 Å². The summed E-state index contributed by atoms with van der Waals surface area (Å²) in [6, 6.07) is 3.17. The van der Waals surface area contributed by atoms with Gasteiger partial charge in [-0.15, -0.1) is 5.10 Å². The second-order valence-electron chi connectivity index (χ2n) is 9.18. The van der Waals surface area contributed by atoms with Gasteiger partial charge in [-0.25, -0.2) is 9.50 Å². The summed E-state index contributed by atoms with van der Waals surface area (Å²) < 4.78 is 12.5. The first-order valence-electron chi connectivity index (χ1n) is 11.5. The van der Waals surface area contributed by atoms with Crippen LogP contribution in [0.25, 0.3) is 5.65 Å². The molecule has 188 valence electrons. The molecule has 0 radical (unpaired) electrons. The summed E-state index contributed by atoms with van der Waals surface area (Å²) in [5, 5.41) is 5.08. The molecule has 2 fully saturated rings. The first kappa shape index (κ1) is 24.5. The van der Waals surface area contributed by atoms with Crippen molar-refractivity contribution in [1.82, 2.24) is 19.6 Å². The Bertz CT molecular complexity index is 1370. The second-order valence-corrected chi connectivity index (χ2v) is 9.99. The molecule has 12 heteroatoms. The lowest BCUT2D eigenvalue weighted by molar-refractivity contribution is -0.169. The van der Waals surface area contributed by atoms with Gasteiger partial charge in [-0.05, 0) is 50.7 Å². The molecule has 0 atom stereocenters. The minimum absolute atomic E-state index is 0.0921. The van der Waals surface area contributed by atoms with Crippen molar-refractivity contribution in [2.45, 2.75) is 56.0 Å². The molecule has 2 N–H and O–H groups in total. The maximum atomic E-state index is 13.3. The standard InChI is InChI=1S/C24H23Cl2N5O5/c1-35-18-5-4-16(17(32)10-13-14(25)11-28-12-15(13)26)31-19(18)29-21(30-31)23(8-9-23)22(34)36-24(20(27)33)6-2-3-7-24/h4-5,11-12H,2-3,6-10H2,1H3,(H2,27,33). The van der Waals surface area contributed by atoms with E-state index in [1.807, 2.05) is 0 Å². The fourth-order valence-electron chi connectivity index (χ4n) is 4.63.